The van der Waals surface area contributed by atoms with E-state index >= 15 is 0 Å². The van der Waals surface area contributed by atoms with Gasteiger partial charge in [-0.25, -0.2) is 4.39 Å². The summed E-state index contributed by atoms with van der Waals surface area (Å²) in [5.41, 5.74) is 1.41. The zero-order valence-corrected chi connectivity index (χ0v) is 16.3. The first-order valence-corrected chi connectivity index (χ1v) is 9.21. The Morgan fingerprint density at radius 3 is 2.32 bits per heavy atom. The molecule has 28 heavy (non-hydrogen) atoms. The zero-order valence-electron chi connectivity index (χ0n) is 14.0. The Balaban J connectivity index is 2.14. The summed E-state index contributed by atoms with van der Waals surface area (Å²) in [5, 5.41) is 11.8. The molecule has 0 fully saturated rings. The largest absolute Gasteiger partial charge is 0.316 e. The van der Waals surface area contributed by atoms with Gasteiger partial charge in [-0.3, -0.25) is 10.0 Å². The number of halogens is 4. The fourth-order valence-corrected chi connectivity index (χ4v) is 4.00. The van der Waals surface area contributed by atoms with Crippen molar-refractivity contribution in [1.82, 2.24) is 4.98 Å². The zero-order chi connectivity index (χ0) is 20.0. The minimum atomic E-state index is -0.486. The number of aromatic amines is 1. The van der Waals surface area contributed by atoms with Gasteiger partial charge < -0.3 is 4.98 Å². The molecule has 0 unspecified atom stereocenters. The highest BCUT2D eigenvalue weighted by Gasteiger charge is 2.26. The molecule has 4 aromatic rings. The second kappa shape index (κ2) is 7.09. The number of pyridine rings is 2. The highest BCUT2D eigenvalue weighted by Crippen LogP contribution is 2.38. The summed E-state index contributed by atoms with van der Waals surface area (Å²) in [5.74, 6) is -0.486. The van der Waals surface area contributed by atoms with Gasteiger partial charge in [0.25, 0.3) is 5.69 Å². The van der Waals surface area contributed by atoms with Crippen molar-refractivity contribution >= 4 is 45.7 Å². The monoisotopic (exact) mass is 435 g/mol. The van der Waals surface area contributed by atoms with E-state index in [1.54, 1.807) is 24.3 Å². The summed E-state index contributed by atoms with van der Waals surface area (Å²) in [6, 6.07) is 11.8. The maximum Gasteiger partial charge on any atom is 0.291 e. The van der Waals surface area contributed by atoms with Crippen LogP contribution in [-0.2, 0) is 0 Å². The van der Waals surface area contributed by atoms with Crippen molar-refractivity contribution < 1.29 is 14.3 Å². The van der Waals surface area contributed by atoms with Crippen LogP contribution < -0.4 is 10.3 Å². The SMILES string of the molecule is O=c1cc(-c2ccc(F)cc2Cl)c2cc[n+](O)c(-c3c(Cl)cccc3Cl)c2[nH]1. The number of rotatable bonds is 2. The number of nitrogens with one attached hydrogen (secondary N) is 1. The number of hydrogen-bond donors (Lipinski definition) is 2. The Hall–Kier alpha value is -2.60. The van der Waals surface area contributed by atoms with Crippen LogP contribution in [0.5, 0.6) is 0 Å². The number of nitrogens with zero attached hydrogens (tertiary/aromatic N) is 1. The number of H-pyrrole nitrogens is 1. The van der Waals surface area contributed by atoms with E-state index in [4.69, 9.17) is 34.8 Å². The van der Waals surface area contributed by atoms with E-state index in [2.05, 4.69) is 4.98 Å². The van der Waals surface area contributed by atoms with E-state index < -0.39 is 11.4 Å². The van der Waals surface area contributed by atoms with Crippen LogP contribution in [0.3, 0.4) is 0 Å². The van der Waals surface area contributed by atoms with Gasteiger partial charge in [-0.05, 0) is 35.9 Å². The maximum atomic E-state index is 13.5. The van der Waals surface area contributed by atoms with Crippen molar-refractivity contribution in [1.29, 1.82) is 0 Å². The third-order valence-corrected chi connectivity index (χ3v) is 5.29. The molecule has 4 rings (SSSR count). The Morgan fingerprint density at radius 2 is 1.64 bits per heavy atom. The van der Waals surface area contributed by atoms with Crippen molar-refractivity contribution in [3.8, 4) is 22.4 Å². The van der Waals surface area contributed by atoms with E-state index in [1.165, 1.54) is 30.5 Å². The molecule has 2 aromatic heterocycles. The summed E-state index contributed by atoms with van der Waals surface area (Å²) in [6.45, 7) is 0. The van der Waals surface area contributed by atoms with E-state index in [1.807, 2.05) is 0 Å². The third kappa shape index (κ3) is 3.11. The van der Waals surface area contributed by atoms with Gasteiger partial charge in [-0.2, -0.15) is 0 Å². The predicted molar refractivity (Wildman–Crippen MR) is 108 cm³/mol. The summed E-state index contributed by atoms with van der Waals surface area (Å²) in [6.07, 6.45) is 1.40. The van der Waals surface area contributed by atoms with Crippen molar-refractivity contribution in [3.63, 3.8) is 0 Å². The Morgan fingerprint density at radius 1 is 0.929 bits per heavy atom. The number of hydrogen-bond acceptors (Lipinski definition) is 2. The second-order valence-corrected chi connectivity index (χ2v) is 7.29. The van der Waals surface area contributed by atoms with Crippen molar-refractivity contribution in [3.05, 3.63) is 86.0 Å². The molecule has 140 valence electrons. The lowest BCUT2D eigenvalue weighted by Gasteiger charge is -2.10. The van der Waals surface area contributed by atoms with Crippen molar-refractivity contribution in [2.45, 2.75) is 0 Å². The molecule has 2 heterocycles. The average molecular weight is 437 g/mol. The van der Waals surface area contributed by atoms with Crippen LogP contribution in [0.4, 0.5) is 4.39 Å². The molecule has 0 saturated heterocycles. The Labute approximate surface area is 173 Å². The minimum absolute atomic E-state index is 0.157. The topological polar surface area (TPSA) is 57.0 Å². The molecular weight excluding hydrogens is 426 g/mol. The summed E-state index contributed by atoms with van der Waals surface area (Å²) < 4.78 is 14.3. The molecular formula is C20H11Cl3FN2O2+. The van der Waals surface area contributed by atoms with Crippen LogP contribution >= 0.6 is 34.8 Å². The van der Waals surface area contributed by atoms with E-state index in [9.17, 15) is 14.4 Å². The van der Waals surface area contributed by atoms with Gasteiger partial charge in [0.05, 0.1) is 20.6 Å². The molecule has 0 bridgehead atoms. The number of aromatic nitrogens is 2. The quantitative estimate of drug-likeness (QED) is 0.323. The lowest BCUT2D eigenvalue weighted by atomic mass is 9.99. The van der Waals surface area contributed by atoms with Gasteiger partial charge >= 0.3 is 0 Å². The van der Waals surface area contributed by atoms with Crippen LogP contribution in [0.25, 0.3) is 33.3 Å². The molecule has 0 radical (unpaired) electrons. The minimum Gasteiger partial charge on any atom is -0.316 e. The number of benzene rings is 2. The fourth-order valence-electron chi connectivity index (χ4n) is 3.16. The highest BCUT2D eigenvalue weighted by atomic mass is 35.5. The van der Waals surface area contributed by atoms with Crippen LogP contribution in [0.1, 0.15) is 0 Å². The van der Waals surface area contributed by atoms with Crippen LogP contribution in [0.15, 0.2) is 59.5 Å². The predicted octanol–water partition coefficient (Wildman–Crippen LogP) is 5.49. The highest BCUT2D eigenvalue weighted by molar-refractivity contribution is 6.39. The van der Waals surface area contributed by atoms with Crippen LogP contribution in [-0.4, -0.2) is 10.2 Å². The summed E-state index contributed by atoms with van der Waals surface area (Å²) in [7, 11) is 0. The van der Waals surface area contributed by atoms with Crippen LogP contribution in [0.2, 0.25) is 15.1 Å². The van der Waals surface area contributed by atoms with Gasteiger partial charge in [0.2, 0.25) is 11.8 Å². The van der Waals surface area contributed by atoms with E-state index in [0.717, 1.165) is 4.73 Å². The van der Waals surface area contributed by atoms with Gasteiger partial charge in [0.1, 0.15) is 11.3 Å². The van der Waals surface area contributed by atoms with Crippen molar-refractivity contribution in [2.24, 2.45) is 0 Å². The molecule has 0 aliphatic rings. The summed E-state index contributed by atoms with van der Waals surface area (Å²) >= 11 is 18.8. The van der Waals surface area contributed by atoms with E-state index in [0.29, 0.717) is 37.6 Å². The molecule has 2 aromatic carbocycles. The molecule has 4 nitrogen and oxygen atoms in total. The smallest absolute Gasteiger partial charge is 0.291 e. The van der Waals surface area contributed by atoms with Gasteiger partial charge in [0.15, 0.2) is 0 Å². The maximum absolute atomic E-state index is 13.5. The fraction of sp³-hybridized carbons (Fsp3) is 0. The molecule has 0 atom stereocenters. The first kappa shape index (κ1) is 18.7. The molecule has 0 spiro atoms. The Bertz CT molecular complexity index is 1280. The molecule has 0 aliphatic carbocycles. The summed E-state index contributed by atoms with van der Waals surface area (Å²) in [4.78, 5) is 15.1. The van der Waals surface area contributed by atoms with Gasteiger partial charge in [-0.15, -0.1) is 0 Å². The Kier molecular flexibility index (Phi) is 4.75. The van der Waals surface area contributed by atoms with Gasteiger partial charge in [0, 0.05) is 27.8 Å². The first-order chi connectivity index (χ1) is 13.4. The lowest BCUT2D eigenvalue weighted by molar-refractivity contribution is -0.895. The lowest BCUT2D eigenvalue weighted by Crippen LogP contribution is -2.33. The molecule has 0 saturated carbocycles. The van der Waals surface area contributed by atoms with Gasteiger partial charge in [-0.1, -0.05) is 40.9 Å². The molecule has 0 aliphatic heterocycles. The normalized spacial score (nSPS) is 11.1. The third-order valence-electron chi connectivity index (χ3n) is 4.35. The molecule has 2 N–H and O–H groups in total. The van der Waals surface area contributed by atoms with Crippen molar-refractivity contribution in [2.75, 3.05) is 0 Å². The van der Waals surface area contributed by atoms with E-state index in [-0.39, 0.29) is 10.7 Å². The standard InChI is InChI=1S/C20H10Cl3FN2O2/c21-14-2-1-3-15(22)18(14)20-19-12(6-7-26(20)28)13(9-17(27)25-19)11-5-4-10(24)8-16(11)23/h1-9H,(H-,25,27,28)/p+1. The van der Waals surface area contributed by atoms with Crippen LogP contribution in [0, 0.1) is 5.82 Å². The second-order valence-electron chi connectivity index (χ2n) is 6.07. The number of fused-ring (bicyclic) bond motifs is 1. The molecule has 0 amide bonds. The molecule has 8 heteroatoms. The first-order valence-electron chi connectivity index (χ1n) is 8.07. The average Bonchev–Trinajstić information content (AvgIpc) is 2.62.